The van der Waals surface area contributed by atoms with Gasteiger partial charge in [0.2, 0.25) is 0 Å². The maximum atomic E-state index is 5.79. The smallest absolute Gasteiger partial charge is 0.0580 e. The van der Waals surface area contributed by atoms with Crippen LogP contribution in [0.2, 0.25) is 0 Å². The molecule has 1 aromatic rings. The van der Waals surface area contributed by atoms with Gasteiger partial charge in [-0.1, -0.05) is 30.3 Å². The SMILES string of the molecule is CCOC1CC(CC(NN)C2CC2c2ccccc2)C1. The number of hydrogen-bond acceptors (Lipinski definition) is 3. The highest BCUT2D eigenvalue weighted by atomic mass is 16.5. The predicted octanol–water partition coefficient (Wildman–Crippen LogP) is 2.83. The van der Waals surface area contributed by atoms with Gasteiger partial charge in [0.1, 0.15) is 0 Å². The van der Waals surface area contributed by atoms with E-state index in [9.17, 15) is 0 Å². The second kappa shape index (κ2) is 6.25. The summed E-state index contributed by atoms with van der Waals surface area (Å²) in [6.07, 6.45) is 5.42. The third-order valence-corrected chi connectivity index (χ3v) is 4.98. The van der Waals surface area contributed by atoms with E-state index >= 15 is 0 Å². The number of hydrazine groups is 1. The van der Waals surface area contributed by atoms with Crippen LogP contribution in [0.15, 0.2) is 30.3 Å². The highest BCUT2D eigenvalue weighted by molar-refractivity contribution is 5.26. The molecule has 3 atom stereocenters. The zero-order chi connectivity index (χ0) is 13.9. The number of nitrogens with two attached hydrogens (primary N) is 1. The zero-order valence-corrected chi connectivity index (χ0v) is 12.3. The molecule has 1 aromatic carbocycles. The Kier molecular flexibility index (Phi) is 4.39. The normalized spacial score (nSPS) is 33.5. The zero-order valence-electron chi connectivity index (χ0n) is 12.3. The van der Waals surface area contributed by atoms with Crippen molar-refractivity contribution in [2.45, 2.75) is 50.7 Å². The maximum absolute atomic E-state index is 5.79. The molecule has 110 valence electrons. The second-order valence-corrected chi connectivity index (χ2v) is 6.34. The van der Waals surface area contributed by atoms with Gasteiger partial charge in [0.15, 0.2) is 0 Å². The minimum Gasteiger partial charge on any atom is -0.378 e. The molecule has 0 spiro atoms. The summed E-state index contributed by atoms with van der Waals surface area (Å²) < 4.78 is 5.64. The highest BCUT2D eigenvalue weighted by Crippen LogP contribution is 2.51. The van der Waals surface area contributed by atoms with Gasteiger partial charge in [-0.15, -0.1) is 0 Å². The average molecular weight is 274 g/mol. The summed E-state index contributed by atoms with van der Waals surface area (Å²) in [5, 5.41) is 0. The maximum Gasteiger partial charge on any atom is 0.0580 e. The van der Waals surface area contributed by atoms with Gasteiger partial charge in [-0.05, 0) is 55.9 Å². The van der Waals surface area contributed by atoms with Gasteiger partial charge in [0.05, 0.1) is 6.10 Å². The molecule has 0 amide bonds. The molecule has 3 N–H and O–H groups in total. The van der Waals surface area contributed by atoms with Crippen molar-refractivity contribution in [3.05, 3.63) is 35.9 Å². The number of benzene rings is 1. The summed E-state index contributed by atoms with van der Waals surface area (Å²) in [6.45, 7) is 2.92. The van der Waals surface area contributed by atoms with Crippen molar-refractivity contribution in [3.8, 4) is 0 Å². The summed E-state index contributed by atoms with van der Waals surface area (Å²) >= 11 is 0. The van der Waals surface area contributed by atoms with Crippen LogP contribution in [0.25, 0.3) is 0 Å². The van der Waals surface area contributed by atoms with Crippen molar-refractivity contribution >= 4 is 0 Å². The Balaban J connectivity index is 1.47. The van der Waals surface area contributed by atoms with Crippen LogP contribution in [0, 0.1) is 11.8 Å². The van der Waals surface area contributed by atoms with Crippen molar-refractivity contribution in [2.24, 2.45) is 17.7 Å². The molecule has 2 saturated carbocycles. The molecule has 0 aliphatic heterocycles. The minimum atomic E-state index is 0.466. The van der Waals surface area contributed by atoms with E-state index in [0.29, 0.717) is 24.0 Å². The third-order valence-electron chi connectivity index (χ3n) is 4.98. The van der Waals surface area contributed by atoms with Gasteiger partial charge >= 0.3 is 0 Å². The molecule has 0 aromatic heterocycles. The summed E-state index contributed by atoms with van der Waals surface area (Å²) in [5.41, 5.74) is 4.54. The van der Waals surface area contributed by atoms with E-state index in [2.05, 4.69) is 42.7 Å². The van der Waals surface area contributed by atoms with Gasteiger partial charge in [0.25, 0.3) is 0 Å². The van der Waals surface area contributed by atoms with Crippen LogP contribution in [-0.4, -0.2) is 18.8 Å². The van der Waals surface area contributed by atoms with Crippen LogP contribution in [0.5, 0.6) is 0 Å². The minimum absolute atomic E-state index is 0.466. The number of ether oxygens (including phenoxy) is 1. The second-order valence-electron chi connectivity index (χ2n) is 6.34. The fourth-order valence-electron chi connectivity index (χ4n) is 3.71. The molecule has 0 bridgehead atoms. The first-order valence-electron chi connectivity index (χ1n) is 7.94. The van der Waals surface area contributed by atoms with Crippen molar-refractivity contribution in [3.63, 3.8) is 0 Å². The molecule has 2 aliphatic carbocycles. The lowest BCUT2D eigenvalue weighted by atomic mass is 9.77. The molecule has 2 aliphatic rings. The monoisotopic (exact) mass is 274 g/mol. The lowest BCUT2D eigenvalue weighted by molar-refractivity contribution is -0.0296. The average Bonchev–Trinajstić information content (AvgIpc) is 3.22. The first kappa shape index (κ1) is 14.1. The molecular weight excluding hydrogens is 248 g/mol. The van der Waals surface area contributed by atoms with Crippen LogP contribution in [0.1, 0.15) is 44.1 Å². The fraction of sp³-hybridized carbons (Fsp3) is 0.647. The van der Waals surface area contributed by atoms with Crippen molar-refractivity contribution in [1.82, 2.24) is 5.43 Å². The Morgan fingerprint density at radius 1 is 1.25 bits per heavy atom. The van der Waals surface area contributed by atoms with Crippen LogP contribution in [0.4, 0.5) is 0 Å². The van der Waals surface area contributed by atoms with Crippen molar-refractivity contribution in [1.29, 1.82) is 0 Å². The van der Waals surface area contributed by atoms with Crippen LogP contribution in [-0.2, 0) is 4.74 Å². The molecule has 3 heteroatoms. The molecule has 3 nitrogen and oxygen atoms in total. The highest BCUT2D eigenvalue weighted by Gasteiger charge is 2.45. The molecule has 3 unspecified atom stereocenters. The van der Waals surface area contributed by atoms with E-state index in [1.54, 1.807) is 0 Å². The molecule has 3 rings (SSSR count). The van der Waals surface area contributed by atoms with E-state index in [1.807, 2.05) is 0 Å². The molecule has 20 heavy (non-hydrogen) atoms. The van der Waals surface area contributed by atoms with Crippen LogP contribution < -0.4 is 11.3 Å². The molecule has 0 radical (unpaired) electrons. The Morgan fingerprint density at radius 2 is 2.00 bits per heavy atom. The number of hydrogen-bond donors (Lipinski definition) is 2. The molecule has 0 saturated heterocycles. The van der Waals surface area contributed by atoms with Crippen LogP contribution in [0.3, 0.4) is 0 Å². The summed E-state index contributed by atoms with van der Waals surface area (Å²) in [5.74, 6) is 8.01. The Hall–Kier alpha value is -0.900. The standard InChI is InChI=1S/C17H26N2O/c1-2-20-14-8-12(9-14)10-17(19-18)16-11-15(16)13-6-4-3-5-7-13/h3-7,12,14-17,19H,2,8-11,18H2,1H3. The van der Waals surface area contributed by atoms with Gasteiger partial charge in [-0.25, -0.2) is 0 Å². The van der Waals surface area contributed by atoms with Gasteiger partial charge in [0, 0.05) is 12.6 Å². The largest absolute Gasteiger partial charge is 0.378 e. The molecule has 0 heterocycles. The lowest BCUT2D eigenvalue weighted by Gasteiger charge is -2.37. The summed E-state index contributed by atoms with van der Waals surface area (Å²) in [6, 6.07) is 11.3. The Labute approximate surface area is 121 Å². The topological polar surface area (TPSA) is 47.3 Å². The number of rotatable bonds is 7. The van der Waals surface area contributed by atoms with E-state index in [4.69, 9.17) is 10.6 Å². The van der Waals surface area contributed by atoms with Gasteiger partial charge in [-0.3, -0.25) is 11.3 Å². The number of nitrogens with one attached hydrogen (secondary N) is 1. The van der Waals surface area contributed by atoms with Crippen molar-refractivity contribution < 1.29 is 4.74 Å². The predicted molar refractivity (Wildman–Crippen MR) is 81.2 cm³/mol. The molecular formula is C17H26N2O. The van der Waals surface area contributed by atoms with Gasteiger partial charge < -0.3 is 4.74 Å². The summed E-state index contributed by atoms with van der Waals surface area (Å²) in [4.78, 5) is 0. The Bertz CT molecular complexity index is 416. The van der Waals surface area contributed by atoms with E-state index in [0.717, 1.165) is 12.5 Å². The Morgan fingerprint density at radius 3 is 2.65 bits per heavy atom. The van der Waals surface area contributed by atoms with E-state index < -0.39 is 0 Å². The quantitative estimate of drug-likeness (QED) is 0.594. The lowest BCUT2D eigenvalue weighted by Crippen LogP contribution is -2.42. The van der Waals surface area contributed by atoms with Gasteiger partial charge in [-0.2, -0.15) is 0 Å². The van der Waals surface area contributed by atoms with Crippen molar-refractivity contribution in [2.75, 3.05) is 6.61 Å². The van der Waals surface area contributed by atoms with E-state index in [1.165, 1.54) is 31.2 Å². The summed E-state index contributed by atoms with van der Waals surface area (Å²) in [7, 11) is 0. The first-order valence-corrected chi connectivity index (χ1v) is 7.94. The first-order chi connectivity index (χ1) is 9.81. The third kappa shape index (κ3) is 3.05. The van der Waals surface area contributed by atoms with E-state index in [-0.39, 0.29) is 0 Å². The fourth-order valence-corrected chi connectivity index (χ4v) is 3.71. The van der Waals surface area contributed by atoms with Crippen LogP contribution >= 0.6 is 0 Å². The molecule has 2 fully saturated rings.